The van der Waals surface area contributed by atoms with Gasteiger partial charge in [-0.25, -0.2) is 0 Å². The van der Waals surface area contributed by atoms with Gasteiger partial charge >= 0.3 is 0 Å². The van der Waals surface area contributed by atoms with E-state index in [0.717, 1.165) is 13.0 Å². The molecule has 0 bridgehead atoms. The molecule has 0 heterocycles. The quantitative estimate of drug-likeness (QED) is 0.291. The summed E-state index contributed by atoms with van der Waals surface area (Å²) in [4.78, 5) is 16.1. The zero-order valence-corrected chi connectivity index (χ0v) is 14.6. The van der Waals surface area contributed by atoms with E-state index < -0.39 is 5.41 Å². The Morgan fingerprint density at radius 3 is 2.45 bits per heavy atom. The smallest absolute Gasteiger partial charge is 0.227 e. The van der Waals surface area contributed by atoms with E-state index in [-0.39, 0.29) is 5.91 Å². The molecule has 0 unspecified atom stereocenters. The fourth-order valence-corrected chi connectivity index (χ4v) is 1.63. The van der Waals surface area contributed by atoms with Crippen molar-refractivity contribution in [2.24, 2.45) is 10.4 Å². The summed E-state index contributed by atoms with van der Waals surface area (Å²) in [6, 6.07) is 0. The van der Waals surface area contributed by atoms with Gasteiger partial charge in [0.2, 0.25) is 5.91 Å². The Kier molecular flexibility index (Phi) is 11.5. The van der Waals surface area contributed by atoms with Gasteiger partial charge in [0.05, 0.1) is 18.6 Å². The highest BCUT2D eigenvalue weighted by Gasteiger charge is 2.27. The molecule has 0 spiro atoms. The second-order valence-corrected chi connectivity index (χ2v) is 5.55. The third kappa shape index (κ3) is 9.57. The summed E-state index contributed by atoms with van der Waals surface area (Å²) in [5.74, 6) is 0.721. The summed E-state index contributed by atoms with van der Waals surface area (Å²) in [7, 11) is 3.37. The molecule has 0 aromatic heterocycles. The molecule has 0 aliphatic rings. The summed E-state index contributed by atoms with van der Waals surface area (Å²) in [5, 5.41) is 9.22. The first-order valence-corrected chi connectivity index (χ1v) is 7.77. The van der Waals surface area contributed by atoms with Gasteiger partial charge in [0, 0.05) is 40.4 Å². The highest BCUT2D eigenvalue weighted by molar-refractivity contribution is 5.84. The highest BCUT2D eigenvalue weighted by Crippen LogP contribution is 2.13. The number of methoxy groups -OCH3 is 1. The lowest BCUT2D eigenvalue weighted by molar-refractivity contribution is -0.128. The van der Waals surface area contributed by atoms with E-state index in [0.29, 0.717) is 38.9 Å². The highest BCUT2D eigenvalue weighted by atomic mass is 16.5. The van der Waals surface area contributed by atoms with Crippen molar-refractivity contribution in [3.05, 3.63) is 0 Å². The molecule has 0 rings (SSSR count). The van der Waals surface area contributed by atoms with Crippen LogP contribution in [0.25, 0.3) is 0 Å². The molecule has 0 radical (unpaired) electrons. The number of carbonyl (C=O) groups excluding carboxylic acids is 1. The maximum atomic E-state index is 11.9. The standard InChI is InChI=1S/C15H32N4O3/c1-6-17-13(20)15(2,3)12-19-14(16-4)18-8-7-9-22-11-10-21-5/h6-12H2,1-5H3,(H,17,20)(H2,16,18,19). The molecule has 0 saturated heterocycles. The zero-order valence-electron chi connectivity index (χ0n) is 14.6. The Morgan fingerprint density at radius 2 is 1.86 bits per heavy atom. The summed E-state index contributed by atoms with van der Waals surface area (Å²) in [6.07, 6.45) is 0.879. The molecule has 0 aromatic rings. The van der Waals surface area contributed by atoms with Crippen LogP contribution < -0.4 is 16.0 Å². The molecule has 0 aliphatic heterocycles. The van der Waals surface area contributed by atoms with E-state index in [1.54, 1.807) is 14.2 Å². The van der Waals surface area contributed by atoms with Gasteiger partial charge in [0.15, 0.2) is 5.96 Å². The normalized spacial score (nSPS) is 12.1. The Labute approximate surface area is 134 Å². The summed E-state index contributed by atoms with van der Waals surface area (Å²) < 4.78 is 10.3. The van der Waals surface area contributed by atoms with Crippen LogP contribution in [0, 0.1) is 5.41 Å². The molecule has 3 N–H and O–H groups in total. The lowest BCUT2D eigenvalue weighted by Crippen LogP contribution is -2.48. The maximum Gasteiger partial charge on any atom is 0.227 e. The van der Waals surface area contributed by atoms with Crippen molar-refractivity contribution >= 4 is 11.9 Å². The number of rotatable bonds is 11. The second kappa shape index (κ2) is 12.2. The number of amides is 1. The van der Waals surface area contributed by atoms with Gasteiger partial charge in [0.25, 0.3) is 0 Å². The topological polar surface area (TPSA) is 84.0 Å². The van der Waals surface area contributed by atoms with Crippen molar-refractivity contribution < 1.29 is 14.3 Å². The minimum Gasteiger partial charge on any atom is -0.382 e. The molecule has 0 aliphatic carbocycles. The fourth-order valence-electron chi connectivity index (χ4n) is 1.63. The van der Waals surface area contributed by atoms with Crippen molar-refractivity contribution in [2.75, 3.05) is 53.6 Å². The van der Waals surface area contributed by atoms with Gasteiger partial charge in [-0.1, -0.05) is 0 Å². The molecule has 7 nitrogen and oxygen atoms in total. The summed E-state index contributed by atoms with van der Waals surface area (Å²) >= 11 is 0. The monoisotopic (exact) mass is 316 g/mol. The first kappa shape index (κ1) is 20.7. The number of aliphatic imine (C=N–C) groups is 1. The number of nitrogens with one attached hydrogen (secondary N) is 3. The van der Waals surface area contributed by atoms with Crippen LogP contribution in [0.15, 0.2) is 4.99 Å². The molecular weight excluding hydrogens is 284 g/mol. The number of nitrogens with zero attached hydrogens (tertiary/aromatic N) is 1. The van der Waals surface area contributed by atoms with Crippen LogP contribution >= 0.6 is 0 Å². The largest absolute Gasteiger partial charge is 0.382 e. The SMILES string of the molecule is CCNC(=O)C(C)(C)CNC(=NC)NCCCOCCOC. The van der Waals surface area contributed by atoms with Crippen molar-refractivity contribution in [3.8, 4) is 0 Å². The van der Waals surface area contributed by atoms with E-state index in [2.05, 4.69) is 20.9 Å². The minimum absolute atomic E-state index is 0.0319. The van der Waals surface area contributed by atoms with Crippen LogP contribution in [0.1, 0.15) is 27.2 Å². The van der Waals surface area contributed by atoms with Crippen molar-refractivity contribution in [3.63, 3.8) is 0 Å². The summed E-state index contributed by atoms with van der Waals surface area (Å²) in [6.45, 7) is 9.54. The first-order chi connectivity index (χ1) is 10.5. The second-order valence-electron chi connectivity index (χ2n) is 5.55. The van der Waals surface area contributed by atoms with Crippen molar-refractivity contribution in [2.45, 2.75) is 27.2 Å². The Hall–Kier alpha value is -1.34. The van der Waals surface area contributed by atoms with Crippen LogP contribution in [-0.4, -0.2) is 65.5 Å². The minimum atomic E-state index is -0.489. The molecule has 0 atom stereocenters. The number of hydrogen-bond donors (Lipinski definition) is 3. The lowest BCUT2D eigenvalue weighted by Gasteiger charge is -2.24. The van der Waals surface area contributed by atoms with E-state index in [4.69, 9.17) is 9.47 Å². The molecule has 0 aromatic carbocycles. The van der Waals surface area contributed by atoms with Gasteiger partial charge in [-0.15, -0.1) is 0 Å². The van der Waals surface area contributed by atoms with E-state index in [1.165, 1.54) is 0 Å². The molecule has 0 saturated carbocycles. The van der Waals surface area contributed by atoms with E-state index in [9.17, 15) is 4.79 Å². The molecular formula is C15H32N4O3. The van der Waals surface area contributed by atoms with Crippen LogP contribution in [-0.2, 0) is 14.3 Å². The Morgan fingerprint density at radius 1 is 1.14 bits per heavy atom. The fraction of sp³-hybridized carbons (Fsp3) is 0.867. The number of guanidine groups is 1. The molecule has 0 fully saturated rings. The third-order valence-corrected chi connectivity index (χ3v) is 3.06. The summed E-state index contributed by atoms with van der Waals surface area (Å²) in [5.41, 5.74) is -0.489. The van der Waals surface area contributed by atoms with Gasteiger partial charge in [-0.05, 0) is 27.2 Å². The Balaban J connectivity index is 3.91. The zero-order chi connectivity index (χ0) is 16.8. The van der Waals surface area contributed by atoms with Crippen LogP contribution in [0.2, 0.25) is 0 Å². The first-order valence-electron chi connectivity index (χ1n) is 7.77. The lowest BCUT2D eigenvalue weighted by atomic mass is 9.92. The van der Waals surface area contributed by atoms with Gasteiger partial charge < -0.3 is 25.4 Å². The van der Waals surface area contributed by atoms with Crippen LogP contribution in [0.4, 0.5) is 0 Å². The Bertz CT molecular complexity index is 333. The van der Waals surface area contributed by atoms with Crippen LogP contribution in [0.5, 0.6) is 0 Å². The molecule has 130 valence electrons. The molecule has 1 amide bonds. The van der Waals surface area contributed by atoms with Gasteiger partial charge in [-0.3, -0.25) is 9.79 Å². The third-order valence-electron chi connectivity index (χ3n) is 3.06. The van der Waals surface area contributed by atoms with Gasteiger partial charge in [-0.2, -0.15) is 0 Å². The maximum absolute atomic E-state index is 11.9. The van der Waals surface area contributed by atoms with Crippen molar-refractivity contribution in [1.29, 1.82) is 0 Å². The number of ether oxygens (including phenoxy) is 2. The predicted molar refractivity (Wildman–Crippen MR) is 89.1 cm³/mol. The number of hydrogen-bond acceptors (Lipinski definition) is 4. The van der Waals surface area contributed by atoms with Crippen molar-refractivity contribution in [1.82, 2.24) is 16.0 Å². The van der Waals surface area contributed by atoms with E-state index in [1.807, 2.05) is 20.8 Å². The van der Waals surface area contributed by atoms with Crippen LogP contribution in [0.3, 0.4) is 0 Å². The molecule has 22 heavy (non-hydrogen) atoms. The number of carbonyl (C=O) groups is 1. The average Bonchev–Trinajstić information content (AvgIpc) is 2.49. The molecule has 7 heteroatoms. The van der Waals surface area contributed by atoms with Gasteiger partial charge in [0.1, 0.15) is 0 Å². The predicted octanol–water partition coefficient (Wildman–Crippen LogP) is 0.367. The average molecular weight is 316 g/mol. The van der Waals surface area contributed by atoms with E-state index >= 15 is 0 Å².